The van der Waals surface area contributed by atoms with Crippen LogP contribution in [-0.2, 0) is 0 Å². The number of nitrogens with zero attached hydrogens (tertiary/aromatic N) is 7. The SMILES string of the molecule is O=c1[nH]nc(-c2cccc([N+](=O)[O-])c2)c2c1Nc1nnnn1C2c1cccc([N+](=O)[O-])c1. The largest absolute Gasteiger partial charge is 0.318 e. The Morgan fingerprint density at radius 3 is 2.47 bits per heavy atom. The number of nitrogens with one attached hydrogen (secondary N) is 2. The number of benzene rings is 2. The Kier molecular flexibility index (Phi) is 4.18. The van der Waals surface area contributed by atoms with Gasteiger partial charge in [0, 0.05) is 35.4 Å². The molecule has 158 valence electrons. The number of H-pyrrole nitrogens is 1. The minimum atomic E-state index is -0.861. The summed E-state index contributed by atoms with van der Waals surface area (Å²) >= 11 is 0. The Hall–Kier alpha value is -5.01. The first-order chi connectivity index (χ1) is 15.4. The smallest absolute Gasteiger partial charge is 0.288 e. The van der Waals surface area contributed by atoms with Crippen molar-refractivity contribution in [2.24, 2.45) is 0 Å². The van der Waals surface area contributed by atoms with Gasteiger partial charge in [0.2, 0.25) is 5.95 Å². The molecule has 2 N–H and O–H groups in total. The quantitative estimate of drug-likeness (QED) is 0.313. The number of aromatic nitrogens is 6. The van der Waals surface area contributed by atoms with Crippen molar-refractivity contribution in [3.63, 3.8) is 0 Å². The van der Waals surface area contributed by atoms with Gasteiger partial charge in [0.05, 0.1) is 15.5 Å². The zero-order chi connectivity index (χ0) is 22.4. The van der Waals surface area contributed by atoms with Crippen LogP contribution in [0.25, 0.3) is 11.3 Å². The highest BCUT2D eigenvalue weighted by Crippen LogP contribution is 2.41. The van der Waals surface area contributed by atoms with Crippen molar-refractivity contribution in [3.8, 4) is 11.3 Å². The summed E-state index contributed by atoms with van der Waals surface area (Å²) in [6.07, 6.45) is 0. The monoisotopic (exact) mass is 433 g/mol. The fourth-order valence-corrected chi connectivity index (χ4v) is 3.64. The molecule has 0 saturated carbocycles. The van der Waals surface area contributed by atoms with E-state index in [1.165, 1.54) is 41.1 Å². The highest BCUT2D eigenvalue weighted by molar-refractivity contribution is 5.76. The van der Waals surface area contributed by atoms with Gasteiger partial charge >= 0.3 is 0 Å². The number of hydrogen-bond donors (Lipinski definition) is 2. The second-order valence-electron chi connectivity index (χ2n) is 6.82. The van der Waals surface area contributed by atoms with E-state index in [-0.39, 0.29) is 28.7 Å². The van der Waals surface area contributed by atoms with Gasteiger partial charge in [0.25, 0.3) is 16.9 Å². The number of aromatic amines is 1. The summed E-state index contributed by atoms with van der Waals surface area (Å²) in [5, 5.41) is 43.4. The summed E-state index contributed by atoms with van der Waals surface area (Å²) in [6, 6.07) is 10.7. The van der Waals surface area contributed by atoms with Gasteiger partial charge in [0.15, 0.2) is 0 Å². The summed E-state index contributed by atoms with van der Waals surface area (Å²) < 4.78 is 1.36. The van der Waals surface area contributed by atoms with Crippen LogP contribution < -0.4 is 10.9 Å². The average molecular weight is 433 g/mol. The molecule has 5 rings (SSSR count). The topological polar surface area (TPSA) is 188 Å². The van der Waals surface area contributed by atoms with E-state index in [2.05, 4.69) is 31.0 Å². The lowest BCUT2D eigenvalue weighted by Gasteiger charge is -2.27. The van der Waals surface area contributed by atoms with E-state index in [1.54, 1.807) is 12.1 Å². The molecule has 0 saturated heterocycles. The maximum Gasteiger partial charge on any atom is 0.288 e. The van der Waals surface area contributed by atoms with Gasteiger partial charge in [-0.1, -0.05) is 29.4 Å². The molecule has 1 aliphatic heterocycles. The molecule has 0 bridgehead atoms. The minimum absolute atomic E-state index is 0.0836. The normalized spacial score (nSPS) is 14.2. The molecule has 1 atom stereocenters. The van der Waals surface area contributed by atoms with E-state index in [0.717, 1.165) is 0 Å². The second-order valence-corrected chi connectivity index (χ2v) is 6.82. The molecule has 0 amide bonds. The Labute approximate surface area is 176 Å². The van der Waals surface area contributed by atoms with Crippen LogP contribution in [0, 0.1) is 20.2 Å². The first kappa shape index (κ1) is 19.0. The Morgan fingerprint density at radius 2 is 1.72 bits per heavy atom. The van der Waals surface area contributed by atoms with Crippen LogP contribution in [0.1, 0.15) is 17.2 Å². The lowest BCUT2D eigenvalue weighted by Crippen LogP contribution is -2.29. The lowest BCUT2D eigenvalue weighted by molar-refractivity contribution is -0.385. The molecule has 1 unspecified atom stereocenters. The number of anilines is 2. The fourth-order valence-electron chi connectivity index (χ4n) is 3.64. The molecule has 0 aliphatic carbocycles. The van der Waals surface area contributed by atoms with Gasteiger partial charge < -0.3 is 5.32 Å². The first-order valence-corrected chi connectivity index (χ1v) is 9.10. The second kappa shape index (κ2) is 7.05. The zero-order valence-corrected chi connectivity index (χ0v) is 15.9. The molecule has 14 nitrogen and oxygen atoms in total. The van der Waals surface area contributed by atoms with E-state index in [1.807, 2.05) is 0 Å². The Morgan fingerprint density at radius 1 is 1.00 bits per heavy atom. The number of non-ortho nitro benzene ring substituents is 2. The molecule has 32 heavy (non-hydrogen) atoms. The highest BCUT2D eigenvalue weighted by Gasteiger charge is 2.35. The summed E-state index contributed by atoms with van der Waals surface area (Å²) in [5.74, 6) is 0.149. The molecule has 0 spiro atoms. The molecular weight excluding hydrogens is 422 g/mol. The van der Waals surface area contributed by atoms with Crippen molar-refractivity contribution in [3.05, 3.63) is 90.2 Å². The van der Waals surface area contributed by atoms with E-state index >= 15 is 0 Å². The zero-order valence-electron chi connectivity index (χ0n) is 15.9. The fraction of sp³-hybridized carbons (Fsp3) is 0.0556. The van der Waals surface area contributed by atoms with Crippen LogP contribution in [0.5, 0.6) is 0 Å². The maximum absolute atomic E-state index is 12.6. The predicted molar refractivity (Wildman–Crippen MR) is 108 cm³/mol. The summed E-state index contributed by atoms with van der Waals surface area (Å²) in [4.78, 5) is 34.1. The number of fused-ring (bicyclic) bond motifs is 2. The molecule has 2 aromatic carbocycles. The molecule has 0 fully saturated rings. The molecule has 2 aromatic heterocycles. The predicted octanol–water partition coefficient (Wildman–Crippen LogP) is 1.93. The third kappa shape index (κ3) is 2.94. The van der Waals surface area contributed by atoms with Crippen LogP contribution in [0.15, 0.2) is 53.3 Å². The number of tetrazole rings is 1. The van der Waals surface area contributed by atoms with E-state index in [0.29, 0.717) is 16.7 Å². The Bertz CT molecular complexity index is 1460. The van der Waals surface area contributed by atoms with Gasteiger partial charge in [0.1, 0.15) is 11.7 Å². The molecule has 4 aromatic rings. The summed E-state index contributed by atoms with van der Waals surface area (Å²) in [7, 11) is 0. The third-order valence-electron chi connectivity index (χ3n) is 5.00. The van der Waals surface area contributed by atoms with Crippen molar-refractivity contribution in [1.29, 1.82) is 0 Å². The van der Waals surface area contributed by atoms with Crippen LogP contribution >= 0.6 is 0 Å². The molecule has 1 aliphatic rings. The van der Waals surface area contributed by atoms with Crippen molar-refractivity contribution in [2.75, 3.05) is 5.32 Å². The van der Waals surface area contributed by atoms with Crippen molar-refractivity contribution in [1.82, 2.24) is 30.4 Å². The van der Waals surface area contributed by atoms with Gasteiger partial charge in [-0.2, -0.15) is 9.78 Å². The van der Waals surface area contributed by atoms with Crippen LogP contribution in [0.2, 0.25) is 0 Å². The molecule has 0 radical (unpaired) electrons. The molecule has 3 heterocycles. The van der Waals surface area contributed by atoms with E-state index in [9.17, 15) is 25.0 Å². The number of hydrogen-bond acceptors (Lipinski definition) is 10. The third-order valence-corrected chi connectivity index (χ3v) is 5.00. The van der Waals surface area contributed by atoms with Gasteiger partial charge in [-0.15, -0.1) is 0 Å². The van der Waals surface area contributed by atoms with Crippen LogP contribution in [0.3, 0.4) is 0 Å². The average Bonchev–Trinajstić information content (AvgIpc) is 3.26. The number of rotatable bonds is 4. The summed E-state index contributed by atoms with van der Waals surface area (Å²) in [5.41, 5.74) is 0.521. The minimum Gasteiger partial charge on any atom is -0.318 e. The standard InChI is InChI=1S/C18H11N9O5/c28-17-15-13(14(20-21-17)9-3-1-5-11(7-9)26(29)30)16(25-18(19-15)22-23-24-25)10-4-2-6-12(8-10)27(31)32/h1-8,16H,(H,21,28)(H,19,22,24). The maximum atomic E-state index is 12.6. The van der Waals surface area contributed by atoms with Gasteiger partial charge in [-0.25, -0.2) is 5.10 Å². The van der Waals surface area contributed by atoms with Crippen molar-refractivity contribution >= 4 is 23.0 Å². The lowest BCUT2D eigenvalue weighted by atomic mass is 9.92. The van der Waals surface area contributed by atoms with Crippen molar-refractivity contribution in [2.45, 2.75) is 6.04 Å². The van der Waals surface area contributed by atoms with Gasteiger partial charge in [-0.3, -0.25) is 25.0 Å². The number of nitro groups is 2. The number of nitro benzene ring substituents is 2. The Balaban J connectivity index is 1.81. The van der Waals surface area contributed by atoms with Crippen molar-refractivity contribution < 1.29 is 9.85 Å². The summed E-state index contributed by atoms with van der Waals surface area (Å²) in [6.45, 7) is 0. The van der Waals surface area contributed by atoms with Gasteiger partial charge in [-0.05, 0) is 16.0 Å². The van der Waals surface area contributed by atoms with E-state index < -0.39 is 21.4 Å². The molecular formula is C18H11N9O5. The molecule has 14 heteroatoms. The highest BCUT2D eigenvalue weighted by atomic mass is 16.6. The van der Waals surface area contributed by atoms with Crippen LogP contribution in [0.4, 0.5) is 23.0 Å². The van der Waals surface area contributed by atoms with E-state index in [4.69, 9.17) is 0 Å². The first-order valence-electron chi connectivity index (χ1n) is 9.10. The van der Waals surface area contributed by atoms with Crippen LogP contribution in [-0.4, -0.2) is 40.3 Å².